The lowest BCUT2D eigenvalue weighted by Crippen LogP contribution is -2.09. The van der Waals surface area contributed by atoms with Gasteiger partial charge in [-0.15, -0.1) is 0 Å². The molecule has 0 amide bonds. The minimum atomic E-state index is -4.32. The molecule has 8 heteroatoms. The van der Waals surface area contributed by atoms with Crippen LogP contribution in [-0.2, 0) is 22.3 Å². The summed E-state index contributed by atoms with van der Waals surface area (Å²) in [6, 6.07) is 13.6. The number of halogens is 3. The Morgan fingerprint density at radius 1 is 1.00 bits per heavy atom. The maximum absolute atomic E-state index is 12.5. The number of nitrogens with zero attached hydrogens (tertiary/aromatic N) is 3. The van der Waals surface area contributed by atoms with Crippen molar-refractivity contribution in [3.8, 4) is 0 Å². The van der Waals surface area contributed by atoms with Crippen LogP contribution >= 0.6 is 0 Å². The second kappa shape index (κ2) is 11.7. The first-order valence-electron chi connectivity index (χ1n) is 8.76. The molecule has 0 bridgehead atoms. The average molecular weight is 409 g/mol. The van der Waals surface area contributed by atoms with Crippen molar-refractivity contribution < 1.29 is 22.8 Å². The fraction of sp³-hybridized carbons (Fsp3) is 0.333. The van der Waals surface area contributed by atoms with Crippen molar-refractivity contribution in [3.05, 3.63) is 65.2 Å². The van der Waals surface area contributed by atoms with Gasteiger partial charge >= 0.3 is 6.18 Å². The third-order valence-corrected chi connectivity index (χ3v) is 3.84. The van der Waals surface area contributed by atoms with E-state index in [1.807, 2.05) is 33.2 Å². The molecule has 2 aromatic carbocycles. The standard InChI is InChI=1S/C11H16N2O.C10H10F3NO/c1-9(12-14-4)10-5-7-11(8-6-10)13(2)3;1-15-14-7-6-8-4-2-3-5-9(8)10(11,12)13/h5-8H,1-4H3;2-5,7H,6H2,1H3. The second-order valence-corrected chi connectivity index (χ2v) is 6.13. The molecule has 0 radical (unpaired) electrons. The van der Waals surface area contributed by atoms with Gasteiger partial charge in [0.2, 0.25) is 0 Å². The Morgan fingerprint density at radius 3 is 2.14 bits per heavy atom. The number of hydrogen-bond donors (Lipinski definition) is 0. The zero-order valence-corrected chi connectivity index (χ0v) is 17.2. The lowest BCUT2D eigenvalue weighted by Gasteiger charge is -2.12. The van der Waals surface area contributed by atoms with Crippen LogP contribution in [0, 0.1) is 0 Å². The molecule has 0 atom stereocenters. The summed E-state index contributed by atoms with van der Waals surface area (Å²) in [5.41, 5.74) is 2.70. The van der Waals surface area contributed by atoms with Gasteiger partial charge in [-0.05, 0) is 36.2 Å². The molecule has 0 unspecified atom stereocenters. The van der Waals surface area contributed by atoms with Gasteiger partial charge < -0.3 is 14.6 Å². The Kier molecular flexibility index (Phi) is 9.71. The quantitative estimate of drug-likeness (QED) is 0.498. The minimum Gasteiger partial charge on any atom is -0.399 e. The third-order valence-electron chi connectivity index (χ3n) is 3.84. The van der Waals surface area contributed by atoms with Crippen LogP contribution in [0.4, 0.5) is 18.9 Å². The summed E-state index contributed by atoms with van der Waals surface area (Å²) >= 11 is 0. The number of benzene rings is 2. The molecular formula is C21H26F3N3O2. The zero-order valence-electron chi connectivity index (χ0n) is 17.2. The van der Waals surface area contributed by atoms with Gasteiger partial charge in [-0.2, -0.15) is 13.2 Å². The van der Waals surface area contributed by atoms with Crippen LogP contribution in [0.3, 0.4) is 0 Å². The fourth-order valence-corrected chi connectivity index (χ4v) is 2.38. The maximum atomic E-state index is 12.5. The smallest absolute Gasteiger partial charge is 0.399 e. The Balaban J connectivity index is 0.000000291. The summed E-state index contributed by atoms with van der Waals surface area (Å²) in [4.78, 5) is 11.2. The van der Waals surface area contributed by atoms with Gasteiger partial charge in [0, 0.05) is 32.4 Å². The molecule has 0 N–H and O–H groups in total. The molecule has 29 heavy (non-hydrogen) atoms. The molecule has 0 heterocycles. The minimum absolute atomic E-state index is 0.101. The van der Waals surface area contributed by atoms with Crippen molar-refractivity contribution in [2.75, 3.05) is 33.2 Å². The van der Waals surface area contributed by atoms with Crippen molar-refractivity contribution in [2.45, 2.75) is 19.5 Å². The van der Waals surface area contributed by atoms with Crippen molar-refractivity contribution in [2.24, 2.45) is 10.3 Å². The highest BCUT2D eigenvalue weighted by Gasteiger charge is 2.32. The number of oxime groups is 2. The molecule has 158 valence electrons. The van der Waals surface area contributed by atoms with Crippen molar-refractivity contribution in [1.82, 2.24) is 0 Å². The number of rotatable bonds is 6. The van der Waals surface area contributed by atoms with Gasteiger partial charge in [0.1, 0.15) is 14.2 Å². The van der Waals surface area contributed by atoms with E-state index in [1.165, 1.54) is 31.1 Å². The van der Waals surface area contributed by atoms with Crippen LogP contribution in [0.25, 0.3) is 0 Å². The van der Waals surface area contributed by atoms with Crippen LogP contribution in [0.1, 0.15) is 23.6 Å². The molecule has 2 rings (SSSR count). The van der Waals surface area contributed by atoms with E-state index in [-0.39, 0.29) is 12.0 Å². The van der Waals surface area contributed by atoms with Crippen molar-refractivity contribution in [1.29, 1.82) is 0 Å². The first-order valence-corrected chi connectivity index (χ1v) is 8.76. The highest BCUT2D eigenvalue weighted by Crippen LogP contribution is 2.31. The van der Waals surface area contributed by atoms with E-state index in [0.29, 0.717) is 0 Å². The Hall–Kier alpha value is -3.03. The molecule has 0 saturated heterocycles. The van der Waals surface area contributed by atoms with Gasteiger partial charge in [0.15, 0.2) is 0 Å². The Labute approximate surface area is 169 Å². The van der Waals surface area contributed by atoms with Crippen LogP contribution < -0.4 is 4.90 Å². The van der Waals surface area contributed by atoms with Crippen LogP contribution in [0.15, 0.2) is 58.8 Å². The lowest BCUT2D eigenvalue weighted by atomic mass is 10.1. The van der Waals surface area contributed by atoms with Gasteiger partial charge in [-0.1, -0.05) is 40.6 Å². The van der Waals surface area contributed by atoms with E-state index >= 15 is 0 Å². The van der Waals surface area contributed by atoms with Gasteiger partial charge in [0.25, 0.3) is 0 Å². The van der Waals surface area contributed by atoms with Crippen LogP contribution in [0.2, 0.25) is 0 Å². The van der Waals surface area contributed by atoms with E-state index in [9.17, 15) is 13.2 Å². The van der Waals surface area contributed by atoms with Gasteiger partial charge in [-0.25, -0.2) is 0 Å². The highest BCUT2D eigenvalue weighted by molar-refractivity contribution is 5.98. The van der Waals surface area contributed by atoms with Crippen molar-refractivity contribution in [3.63, 3.8) is 0 Å². The zero-order chi connectivity index (χ0) is 21.9. The number of hydrogen-bond acceptors (Lipinski definition) is 5. The van der Waals surface area contributed by atoms with E-state index in [1.54, 1.807) is 13.2 Å². The molecular weight excluding hydrogens is 383 g/mol. The summed E-state index contributed by atoms with van der Waals surface area (Å²) in [5, 5.41) is 7.27. The van der Waals surface area contributed by atoms with Crippen LogP contribution in [-0.4, -0.2) is 40.2 Å². The monoisotopic (exact) mass is 409 g/mol. The lowest BCUT2D eigenvalue weighted by molar-refractivity contribution is -0.138. The topological polar surface area (TPSA) is 46.4 Å². The highest BCUT2D eigenvalue weighted by atomic mass is 19.4. The third kappa shape index (κ3) is 8.25. The van der Waals surface area contributed by atoms with E-state index in [2.05, 4.69) is 32.2 Å². The fourth-order valence-electron chi connectivity index (χ4n) is 2.38. The summed E-state index contributed by atoms with van der Waals surface area (Å²) in [6.45, 7) is 1.92. The van der Waals surface area contributed by atoms with Gasteiger partial charge in [-0.3, -0.25) is 0 Å². The normalized spacial score (nSPS) is 11.7. The summed E-state index contributed by atoms with van der Waals surface area (Å²) < 4.78 is 37.4. The molecule has 0 aliphatic heterocycles. The predicted octanol–water partition coefficient (Wildman–Crippen LogP) is 5.00. The van der Waals surface area contributed by atoms with E-state index < -0.39 is 11.7 Å². The summed E-state index contributed by atoms with van der Waals surface area (Å²) in [6.07, 6.45) is -2.92. The SMILES string of the molecule is CON=C(C)c1ccc(N(C)C)cc1.CON=CCc1ccccc1C(F)(F)F. The number of alkyl halides is 3. The molecule has 0 aromatic heterocycles. The Bertz CT molecular complexity index is 802. The molecule has 0 aliphatic rings. The Morgan fingerprint density at radius 2 is 1.62 bits per heavy atom. The largest absolute Gasteiger partial charge is 0.416 e. The van der Waals surface area contributed by atoms with E-state index in [0.717, 1.165) is 17.3 Å². The van der Waals surface area contributed by atoms with Gasteiger partial charge in [0.05, 0.1) is 11.3 Å². The molecule has 5 nitrogen and oxygen atoms in total. The van der Waals surface area contributed by atoms with Crippen LogP contribution in [0.5, 0.6) is 0 Å². The molecule has 0 spiro atoms. The molecule has 2 aromatic rings. The molecule has 0 aliphatic carbocycles. The first kappa shape index (κ1) is 24.0. The summed E-state index contributed by atoms with van der Waals surface area (Å²) in [7, 11) is 6.93. The predicted molar refractivity (Wildman–Crippen MR) is 111 cm³/mol. The van der Waals surface area contributed by atoms with E-state index in [4.69, 9.17) is 4.84 Å². The average Bonchev–Trinajstić information content (AvgIpc) is 2.68. The second-order valence-electron chi connectivity index (χ2n) is 6.13. The molecule has 0 saturated carbocycles. The number of anilines is 1. The molecule has 0 fully saturated rings. The summed E-state index contributed by atoms with van der Waals surface area (Å²) in [5.74, 6) is 0. The maximum Gasteiger partial charge on any atom is 0.416 e. The van der Waals surface area contributed by atoms with Crippen molar-refractivity contribution >= 4 is 17.6 Å². The first-order chi connectivity index (χ1) is 13.7.